The van der Waals surface area contributed by atoms with Gasteiger partial charge in [-0.05, 0) is 88.0 Å². The van der Waals surface area contributed by atoms with Crippen molar-refractivity contribution in [3.8, 4) is 23.0 Å². The van der Waals surface area contributed by atoms with E-state index in [2.05, 4.69) is 14.8 Å². The first-order valence-corrected chi connectivity index (χ1v) is 14.5. The van der Waals surface area contributed by atoms with Crippen LogP contribution < -0.4 is 9.47 Å². The second kappa shape index (κ2) is 14.1. The highest BCUT2D eigenvalue weighted by molar-refractivity contribution is 5.77. The number of ether oxygens (including phenoxy) is 4. The normalized spacial score (nSPS) is 20.3. The van der Waals surface area contributed by atoms with Crippen LogP contribution in [0.5, 0.6) is 11.5 Å². The number of hydrogen-bond donors (Lipinski definition) is 0. The zero-order valence-corrected chi connectivity index (χ0v) is 23.5. The standard InChI is InChI=1S/C31H43N3O5/c1-35-22-25-7-3-15-33(25)17-5-19-37-27-11-9-24(10-12-27)31-32-29-14-13-28(21-30(29)39-31)38-20-6-18-34-16-4-8-26(34)23-36-2/h9-14,21,25-26H,3-8,15-20,22-23H2,1-2H3/t25-,26-/m1/s1. The van der Waals surface area contributed by atoms with Crippen molar-refractivity contribution in [2.45, 2.75) is 50.6 Å². The first-order chi connectivity index (χ1) is 19.2. The van der Waals surface area contributed by atoms with Crippen LogP contribution >= 0.6 is 0 Å². The number of nitrogens with zero attached hydrogens (tertiary/aromatic N) is 3. The third-order valence-corrected chi connectivity index (χ3v) is 7.89. The van der Waals surface area contributed by atoms with Crippen molar-refractivity contribution in [2.75, 3.05) is 66.8 Å². The number of methoxy groups -OCH3 is 2. The number of aromatic nitrogens is 1. The molecule has 0 aliphatic carbocycles. The zero-order valence-electron chi connectivity index (χ0n) is 23.5. The van der Waals surface area contributed by atoms with Crippen molar-refractivity contribution in [3.63, 3.8) is 0 Å². The summed E-state index contributed by atoms with van der Waals surface area (Å²) in [5.41, 5.74) is 2.48. The Balaban J connectivity index is 1.07. The van der Waals surface area contributed by atoms with E-state index in [0.29, 0.717) is 31.2 Å². The fourth-order valence-electron chi connectivity index (χ4n) is 5.87. The summed E-state index contributed by atoms with van der Waals surface area (Å²) in [6.07, 6.45) is 6.96. The smallest absolute Gasteiger partial charge is 0.227 e. The highest BCUT2D eigenvalue weighted by atomic mass is 16.5. The predicted molar refractivity (Wildman–Crippen MR) is 153 cm³/mol. The maximum Gasteiger partial charge on any atom is 0.227 e. The molecule has 8 heteroatoms. The van der Waals surface area contributed by atoms with Gasteiger partial charge in [0.15, 0.2) is 5.58 Å². The first kappa shape index (κ1) is 27.9. The second-order valence-electron chi connectivity index (χ2n) is 10.7. The van der Waals surface area contributed by atoms with E-state index in [4.69, 9.17) is 23.4 Å². The van der Waals surface area contributed by atoms with Gasteiger partial charge in [-0.2, -0.15) is 0 Å². The zero-order chi connectivity index (χ0) is 26.9. The number of likely N-dealkylation sites (tertiary alicyclic amines) is 2. The molecule has 3 heterocycles. The minimum absolute atomic E-state index is 0.550. The molecule has 0 bridgehead atoms. The molecule has 0 spiro atoms. The summed E-state index contributed by atoms with van der Waals surface area (Å²) in [6.45, 7) is 7.42. The Hall–Kier alpha value is -2.65. The van der Waals surface area contributed by atoms with Crippen molar-refractivity contribution in [2.24, 2.45) is 0 Å². The Kier molecular flexibility index (Phi) is 10.1. The highest BCUT2D eigenvalue weighted by Gasteiger charge is 2.24. The Morgan fingerprint density at radius 2 is 1.38 bits per heavy atom. The monoisotopic (exact) mass is 537 g/mol. The molecule has 39 heavy (non-hydrogen) atoms. The van der Waals surface area contributed by atoms with Crippen molar-refractivity contribution in [3.05, 3.63) is 42.5 Å². The van der Waals surface area contributed by atoms with Gasteiger partial charge in [0.1, 0.15) is 17.0 Å². The summed E-state index contributed by atoms with van der Waals surface area (Å²) in [5.74, 6) is 2.28. The molecule has 1 aromatic heterocycles. The van der Waals surface area contributed by atoms with E-state index in [1.54, 1.807) is 14.2 Å². The number of hydrogen-bond acceptors (Lipinski definition) is 8. The van der Waals surface area contributed by atoms with Crippen LogP contribution in [0.4, 0.5) is 0 Å². The van der Waals surface area contributed by atoms with E-state index in [9.17, 15) is 0 Å². The van der Waals surface area contributed by atoms with Crippen LogP contribution in [0.25, 0.3) is 22.6 Å². The summed E-state index contributed by atoms with van der Waals surface area (Å²) < 4.78 is 28.8. The number of oxazole rings is 1. The van der Waals surface area contributed by atoms with Gasteiger partial charge in [-0.1, -0.05) is 0 Å². The number of rotatable bonds is 15. The quantitative estimate of drug-likeness (QED) is 0.243. The average Bonchev–Trinajstić information content (AvgIpc) is 3.70. The van der Waals surface area contributed by atoms with Crippen LogP contribution in [0.1, 0.15) is 38.5 Å². The van der Waals surface area contributed by atoms with Crippen LogP contribution in [-0.2, 0) is 9.47 Å². The molecule has 2 aliphatic rings. The molecular formula is C31H43N3O5. The van der Waals surface area contributed by atoms with Gasteiger partial charge in [-0.3, -0.25) is 9.80 Å². The lowest BCUT2D eigenvalue weighted by atomic mass is 10.2. The third-order valence-electron chi connectivity index (χ3n) is 7.89. The van der Waals surface area contributed by atoms with Gasteiger partial charge in [0.25, 0.3) is 0 Å². The van der Waals surface area contributed by atoms with E-state index >= 15 is 0 Å². The number of fused-ring (bicyclic) bond motifs is 1. The maximum absolute atomic E-state index is 6.08. The molecule has 2 fully saturated rings. The molecule has 2 aliphatic heterocycles. The van der Waals surface area contributed by atoms with Gasteiger partial charge in [0.05, 0.1) is 26.4 Å². The first-order valence-electron chi connectivity index (χ1n) is 14.5. The molecule has 2 aromatic carbocycles. The molecule has 0 saturated carbocycles. The largest absolute Gasteiger partial charge is 0.494 e. The second-order valence-corrected chi connectivity index (χ2v) is 10.7. The van der Waals surface area contributed by atoms with Crippen LogP contribution in [-0.4, -0.2) is 93.7 Å². The van der Waals surface area contributed by atoms with Crippen molar-refractivity contribution in [1.82, 2.24) is 14.8 Å². The summed E-state index contributed by atoms with van der Waals surface area (Å²) >= 11 is 0. The Bertz CT molecular complexity index is 1150. The molecule has 2 saturated heterocycles. The van der Waals surface area contributed by atoms with Gasteiger partial charge in [0.2, 0.25) is 5.89 Å². The molecule has 212 valence electrons. The molecule has 2 atom stereocenters. The third kappa shape index (κ3) is 7.51. The molecule has 0 unspecified atom stereocenters. The van der Waals surface area contributed by atoms with Crippen LogP contribution in [0.15, 0.2) is 46.9 Å². The van der Waals surface area contributed by atoms with E-state index in [1.807, 2.05) is 42.5 Å². The lowest BCUT2D eigenvalue weighted by Gasteiger charge is -2.23. The van der Waals surface area contributed by atoms with Gasteiger partial charge < -0.3 is 23.4 Å². The molecule has 0 N–H and O–H groups in total. The minimum atomic E-state index is 0.550. The Labute approximate surface area is 232 Å². The molecule has 3 aromatic rings. The lowest BCUT2D eigenvalue weighted by Crippen LogP contribution is -2.34. The van der Waals surface area contributed by atoms with Gasteiger partial charge in [-0.25, -0.2) is 4.98 Å². The molecule has 8 nitrogen and oxygen atoms in total. The predicted octanol–water partition coefficient (Wildman–Crippen LogP) is 5.25. The van der Waals surface area contributed by atoms with E-state index in [0.717, 1.165) is 80.4 Å². The van der Waals surface area contributed by atoms with Gasteiger partial charge >= 0.3 is 0 Å². The molecule has 0 radical (unpaired) electrons. The molecular weight excluding hydrogens is 494 g/mol. The van der Waals surface area contributed by atoms with E-state index < -0.39 is 0 Å². The summed E-state index contributed by atoms with van der Waals surface area (Å²) in [4.78, 5) is 9.71. The fraction of sp³-hybridized carbons (Fsp3) is 0.581. The number of benzene rings is 2. The van der Waals surface area contributed by atoms with Gasteiger partial charge in [0, 0.05) is 51.0 Å². The minimum Gasteiger partial charge on any atom is -0.494 e. The van der Waals surface area contributed by atoms with Crippen molar-refractivity contribution in [1.29, 1.82) is 0 Å². The van der Waals surface area contributed by atoms with E-state index in [-0.39, 0.29) is 0 Å². The summed E-state index contributed by atoms with van der Waals surface area (Å²) in [6, 6.07) is 14.9. The molecule has 5 rings (SSSR count). The average molecular weight is 538 g/mol. The molecule has 0 amide bonds. The Morgan fingerprint density at radius 3 is 2.00 bits per heavy atom. The maximum atomic E-state index is 6.08. The summed E-state index contributed by atoms with van der Waals surface area (Å²) in [5, 5.41) is 0. The van der Waals surface area contributed by atoms with Crippen LogP contribution in [0.3, 0.4) is 0 Å². The fourth-order valence-corrected chi connectivity index (χ4v) is 5.87. The van der Waals surface area contributed by atoms with Crippen LogP contribution in [0, 0.1) is 0 Å². The van der Waals surface area contributed by atoms with Gasteiger partial charge in [-0.15, -0.1) is 0 Å². The van der Waals surface area contributed by atoms with Crippen molar-refractivity contribution >= 4 is 11.1 Å². The topological polar surface area (TPSA) is 69.4 Å². The SMILES string of the molecule is COC[C@H]1CCCN1CCCOc1ccc(-c2nc3ccc(OCCCN4CCC[C@@H]4COC)cc3o2)cc1. The van der Waals surface area contributed by atoms with Crippen molar-refractivity contribution < 1.29 is 23.4 Å². The highest BCUT2D eigenvalue weighted by Crippen LogP contribution is 2.28. The van der Waals surface area contributed by atoms with E-state index in [1.165, 1.54) is 25.7 Å². The Morgan fingerprint density at radius 1 is 0.795 bits per heavy atom. The summed E-state index contributed by atoms with van der Waals surface area (Å²) in [7, 11) is 3.57. The van der Waals surface area contributed by atoms with Crippen LogP contribution in [0.2, 0.25) is 0 Å². The lowest BCUT2D eigenvalue weighted by molar-refractivity contribution is 0.111.